The molecule has 1 aromatic rings. The Morgan fingerprint density at radius 2 is 1.88 bits per heavy atom. The molecular formula is C24H33ClN4O3. The van der Waals surface area contributed by atoms with Crippen molar-refractivity contribution < 1.29 is 14.4 Å². The van der Waals surface area contributed by atoms with Crippen molar-refractivity contribution in [2.24, 2.45) is 11.8 Å². The number of nitrogens with zero attached hydrogens (tertiary/aromatic N) is 2. The Kier molecular flexibility index (Phi) is 7.49. The van der Waals surface area contributed by atoms with Gasteiger partial charge in [-0.1, -0.05) is 57.5 Å². The van der Waals surface area contributed by atoms with E-state index in [0.29, 0.717) is 47.3 Å². The number of rotatable bonds is 8. The van der Waals surface area contributed by atoms with E-state index in [0.717, 1.165) is 0 Å². The lowest BCUT2D eigenvalue weighted by Gasteiger charge is -2.33. The Hall–Kier alpha value is -2.54. The largest absolute Gasteiger partial charge is 0.354 e. The Balaban J connectivity index is 1.99. The van der Waals surface area contributed by atoms with Crippen molar-refractivity contribution in [3.05, 3.63) is 46.1 Å². The molecule has 32 heavy (non-hydrogen) atoms. The molecule has 2 aliphatic rings. The van der Waals surface area contributed by atoms with Gasteiger partial charge in [0.15, 0.2) is 0 Å². The first kappa shape index (κ1) is 24.1. The highest BCUT2D eigenvalue weighted by Crippen LogP contribution is 2.39. The van der Waals surface area contributed by atoms with Gasteiger partial charge in [0.05, 0.1) is 23.9 Å². The smallest absolute Gasteiger partial charge is 0.322 e. The molecule has 3 rings (SSSR count). The zero-order valence-electron chi connectivity index (χ0n) is 19.4. The van der Waals surface area contributed by atoms with Crippen LogP contribution in [-0.4, -0.2) is 53.3 Å². The van der Waals surface area contributed by atoms with Crippen LogP contribution < -0.4 is 10.6 Å². The predicted octanol–water partition coefficient (Wildman–Crippen LogP) is 3.71. The predicted molar refractivity (Wildman–Crippen MR) is 125 cm³/mol. The first-order chi connectivity index (χ1) is 15.1. The van der Waals surface area contributed by atoms with Crippen LogP contribution in [-0.2, 0) is 9.59 Å². The minimum atomic E-state index is -0.648. The highest BCUT2D eigenvalue weighted by Gasteiger charge is 2.47. The third-order valence-electron chi connectivity index (χ3n) is 5.84. The average molecular weight is 461 g/mol. The minimum Gasteiger partial charge on any atom is -0.354 e. The van der Waals surface area contributed by atoms with Gasteiger partial charge < -0.3 is 15.5 Å². The molecule has 0 spiro atoms. The van der Waals surface area contributed by atoms with Crippen molar-refractivity contribution in [1.29, 1.82) is 0 Å². The van der Waals surface area contributed by atoms with E-state index in [1.807, 2.05) is 52.8 Å². The van der Waals surface area contributed by atoms with E-state index in [1.54, 1.807) is 15.9 Å². The van der Waals surface area contributed by atoms with Crippen LogP contribution in [0.2, 0.25) is 5.02 Å². The summed E-state index contributed by atoms with van der Waals surface area (Å²) in [7, 11) is 0. The average Bonchev–Trinajstić information content (AvgIpc) is 3.07. The Morgan fingerprint density at radius 3 is 2.47 bits per heavy atom. The minimum absolute atomic E-state index is 0.155. The zero-order valence-corrected chi connectivity index (χ0v) is 20.2. The van der Waals surface area contributed by atoms with Gasteiger partial charge in [-0.25, -0.2) is 4.79 Å². The lowest BCUT2D eigenvalue weighted by atomic mass is 9.95. The van der Waals surface area contributed by atoms with Gasteiger partial charge in [-0.05, 0) is 36.8 Å². The topological polar surface area (TPSA) is 81.8 Å². The van der Waals surface area contributed by atoms with Crippen LogP contribution in [0.5, 0.6) is 0 Å². The maximum Gasteiger partial charge on any atom is 0.322 e. The van der Waals surface area contributed by atoms with Crippen molar-refractivity contribution in [3.8, 4) is 0 Å². The molecule has 174 valence electrons. The van der Waals surface area contributed by atoms with Crippen LogP contribution in [0.15, 0.2) is 35.5 Å². The molecule has 0 bridgehead atoms. The second kappa shape index (κ2) is 9.94. The molecule has 2 atom stereocenters. The van der Waals surface area contributed by atoms with Crippen molar-refractivity contribution in [2.45, 2.75) is 53.1 Å². The van der Waals surface area contributed by atoms with Crippen LogP contribution in [0.3, 0.4) is 0 Å². The van der Waals surface area contributed by atoms with Gasteiger partial charge in [0.25, 0.3) is 5.91 Å². The normalized spacial score (nSPS) is 19.6. The second-order valence-corrected chi connectivity index (χ2v) is 9.63. The molecule has 0 saturated carbocycles. The summed E-state index contributed by atoms with van der Waals surface area (Å²) in [6.07, 6.45) is 0.542. The lowest BCUT2D eigenvalue weighted by molar-refractivity contribution is -0.137. The zero-order chi connectivity index (χ0) is 23.6. The molecular weight excluding hydrogens is 428 g/mol. The summed E-state index contributed by atoms with van der Waals surface area (Å²) in [5, 5.41) is 6.41. The first-order valence-electron chi connectivity index (χ1n) is 11.3. The number of carbonyl (C=O) groups excluding carboxylic acids is 3. The summed E-state index contributed by atoms with van der Waals surface area (Å²) in [4.78, 5) is 42.9. The number of likely N-dealkylation sites (N-methyl/N-ethyl adjacent to an activating group) is 1. The van der Waals surface area contributed by atoms with Crippen LogP contribution in [0.25, 0.3) is 0 Å². The van der Waals surface area contributed by atoms with Gasteiger partial charge in [0.2, 0.25) is 5.91 Å². The summed E-state index contributed by atoms with van der Waals surface area (Å²) >= 11 is 6.43. The summed E-state index contributed by atoms with van der Waals surface area (Å²) in [6.45, 7) is 11.2. The third-order valence-corrected chi connectivity index (χ3v) is 6.18. The SMILES string of the molecule is CCN1C(=O)NC(c2ccccc2Cl)C2=C1CN(C(CC(C)C)C(=O)NCC(C)C)C2=O. The fourth-order valence-electron chi connectivity index (χ4n) is 4.29. The fourth-order valence-corrected chi connectivity index (χ4v) is 4.53. The van der Waals surface area contributed by atoms with Crippen molar-refractivity contribution in [3.63, 3.8) is 0 Å². The molecule has 0 aromatic heterocycles. The standard InChI is InChI=1S/C24H33ClN4O3/c1-6-28-19-13-29(18(11-14(2)3)22(30)26-12-15(4)5)23(31)20(19)21(27-24(28)32)16-9-7-8-10-17(16)25/h7-10,14-15,18,21H,6,11-13H2,1-5H3,(H,26,30)(H,27,32). The number of hydrogen-bond donors (Lipinski definition) is 2. The molecule has 2 unspecified atom stereocenters. The summed E-state index contributed by atoms with van der Waals surface area (Å²) < 4.78 is 0. The van der Waals surface area contributed by atoms with Gasteiger partial charge >= 0.3 is 6.03 Å². The molecule has 2 N–H and O–H groups in total. The van der Waals surface area contributed by atoms with Crippen LogP contribution >= 0.6 is 11.6 Å². The van der Waals surface area contributed by atoms with Gasteiger partial charge in [0.1, 0.15) is 6.04 Å². The Morgan fingerprint density at radius 1 is 1.19 bits per heavy atom. The van der Waals surface area contributed by atoms with Crippen LogP contribution in [0, 0.1) is 11.8 Å². The van der Waals surface area contributed by atoms with E-state index in [1.165, 1.54) is 0 Å². The number of nitrogens with one attached hydrogen (secondary N) is 2. The molecule has 8 heteroatoms. The number of halogens is 1. The molecule has 7 nitrogen and oxygen atoms in total. The van der Waals surface area contributed by atoms with Gasteiger partial charge in [-0.2, -0.15) is 0 Å². The molecule has 2 heterocycles. The monoisotopic (exact) mass is 460 g/mol. The van der Waals surface area contributed by atoms with Gasteiger partial charge in [-0.3, -0.25) is 14.5 Å². The van der Waals surface area contributed by atoms with E-state index < -0.39 is 12.1 Å². The molecule has 1 aromatic carbocycles. The molecule has 0 fully saturated rings. The quantitative estimate of drug-likeness (QED) is 0.620. The summed E-state index contributed by atoms with van der Waals surface area (Å²) in [6, 6.07) is 5.68. The number of benzene rings is 1. The van der Waals surface area contributed by atoms with Crippen molar-refractivity contribution in [2.75, 3.05) is 19.6 Å². The molecule has 0 radical (unpaired) electrons. The van der Waals surface area contributed by atoms with Crippen molar-refractivity contribution in [1.82, 2.24) is 20.4 Å². The van der Waals surface area contributed by atoms with E-state index in [9.17, 15) is 14.4 Å². The molecule has 2 aliphatic heterocycles. The number of hydrogen-bond acceptors (Lipinski definition) is 3. The summed E-state index contributed by atoms with van der Waals surface area (Å²) in [5.74, 6) is 0.142. The van der Waals surface area contributed by atoms with E-state index in [4.69, 9.17) is 11.6 Å². The Bertz CT molecular complexity index is 928. The number of carbonyl (C=O) groups is 3. The highest BCUT2D eigenvalue weighted by molar-refractivity contribution is 6.31. The number of urea groups is 1. The second-order valence-electron chi connectivity index (χ2n) is 9.23. The first-order valence-corrected chi connectivity index (χ1v) is 11.7. The van der Waals surface area contributed by atoms with E-state index >= 15 is 0 Å². The van der Waals surface area contributed by atoms with Crippen LogP contribution in [0.4, 0.5) is 4.79 Å². The van der Waals surface area contributed by atoms with Gasteiger partial charge in [0, 0.05) is 18.1 Å². The van der Waals surface area contributed by atoms with Crippen molar-refractivity contribution >= 4 is 29.4 Å². The molecule has 4 amide bonds. The third kappa shape index (κ3) is 4.77. The Labute approximate surface area is 195 Å². The van der Waals surface area contributed by atoms with Gasteiger partial charge in [-0.15, -0.1) is 0 Å². The van der Waals surface area contributed by atoms with E-state index in [-0.39, 0.29) is 30.3 Å². The molecule has 0 aliphatic carbocycles. The highest BCUT2D eigenvalue weighted by atomic mass is 35.5. The maximum atomic E-state index is 13.7. The van der Waals surface area contributed by atoms with Crippen LogP contribution in [0.1, 0.15) is 52.6 Å². The maximum absolute atomic E-state index is 13.7. The summed E-state index contributed by atoms with van der Waals surface area (Å²) in [5.41, 5.74) is 1.81. The molecule has 0 saturated heterocycles. The van der Waals surface area contributed by atoms with E-state index in [2.05, 4.69) is 10.6 Å². The fraction of sp³-hybridized carbons (Fsp3) is 0.542. The number of amides is 4. The lowest BCUT2D eigenvalue weighted by Crippen LogP contribution is -2.50.